The van der Waals surface area contributed by atoms with Crippen LogP contribution in [0.1, 0.15) is 28.8 Å². The molecule has 0 radical (unpaired) electrons. The van der Waals surface area contributed by atoms with Gasteiger partial charge in [0.25, 0.3) is 11.6 Å². The van der Waals surface area contributed by atoms with Crippen LogP contribution in [0.4, 0.5) is 11.4 Å². The number of likely N-dealkylation sites (tertiary alicyclic amines) is 1. The van der Waals surface area contributed by atoms with E-state index in [4.69, 9.17) is 11.5 Å². The molecule has 144 valence electrons. The number of nitrogen functional groups attached to an aromatic ring is 1. The number of halogens is 1. The maximum absolute atomic E-state index is 12.8. The number of piperidine rings is 1. The molecular formula is C16H24ClN5O4. The number of hydrogen-bond acceptors (Lipinski definition) is 6. The van der Waals surface area contributed by atoms with E-state index in [0.717, 1.165) is 0 Å². The molecule has 9 nitrogen and oxygen atoms in total. The molecule has 1 unspecified atom stereocenters. The summed E-state index contributed by atoms with van der Waals surface area (Å²) in [5.41, 5.74) is 11.5. The summed E-state index contributed by atoms with van der Waals surface area (Å²) in [6, 6.07) is 2.88. The van der Waals surface area contributed by atoms with Crippen LogP contribution in [0.3, 0.4) is 0 Å². The molecule has 0 bridgehead atoms. The minimum Gasteiger partial charge on any atom is -0.393 e. The predicted molar refractivity (Wildman–Crippen MR) is 100 cm³/mol. The van der Waals surface area contributed by atoms with Crippen molar-refractivity contribution < 1.29 is 14.5 Å². The van der Waals surface area contributed by atoms with Crippen LogP contribution < -0.4 is 16.8 Å². The van der Waals surface area contributed by atoms with E-state index in [1.54, 1.807) is 13.0 Å². The average molecular weight is 386 g/mol. The second-order valence-corrected chi connectivity index (χ2v) is 6.17. The van der Waals surface area contributed by atoms with Gasteiger partial charge in [-0.2, -0.15) is 0 Å². The number of carbonyl (C=O) groups is 2. The van der Waals surface area contributed by atoms with E-state index >= 15 is 0 Å². The van der Waals surface area contributed by atoms with Gasteiger partial charge in [0.05, 0.1) is 16.4 Å². The fourth-order valence-electron chi connectivity index (χ4n) is 2.99. The largest absolute Gasteiger partial charge is 0.393 e. The Bertz CT molecular complexity index is 697. The summed E-state index contributed by atoms with van der Waals surface area (Å²) in [5, 5.41) is 13.8. The van der Waals surface area contributed by atoms with Gasteiger partial charge in [0.15, 0.2) is 0 Å². The highest BCUT2D eigenvalue weighted by Crippen LogP contribution is 2.29. The van der Waals surface area contributed by atoms with E-state index in [2.05, 4.69) is 5.32 Å². The standard InChI is InChI=1S/C16H23N5O4.ClH/c1-10-7-12(14(18)13(8-10)21(24)25)16(23)20-6-2-3-11(9-20)15(22)19-5-4-17;/h7-8,11H,2-6,9,17-18H2,1H3,(H,19,22);1H. The predicted octanol–water partition coefficient (Wildman–Crippen LogP) is 0.834. The van der Waals surface area contributed by atoms with Crippen LogP contribution in [-0.4, -0.2) is 47.8 Å². The highest BCUT2D eigenvalue weighted by molar-refractivity contribution is 6.01. The van der Waals surface area contributed by atoms with Crippen molar-refractivity contribution in [1.29, 1.82) is 0 Å². The molecule has 1 heterocycles. The van der Waals surface area contributed by atoms with Gasteiger partial charge >= 0.3 is 0 Å². The molecule has 1 aromatic rings. The van der Waals surface area contributed by atoms with Crippen LogP contribution in [0, 0.1) is 23.0 Å². The second kappa shape index (κ2) is 9.35. The monoisotopic (exact) mass is 385 g/mol. The minimum atomic E-state index is -0.599. The third-order valence-electron chi connectivity index (χ3n) is 4.25. The number of rotatable bonds is 5. The summed E-state index contributed by atoms with van der Waals surface area (Å²) in [6.45, 7) is 3.16. The lowest BCUT2D eigenvalue weighted by Gasteiger charge is -2.32. The van der Waals surface area contributed by atoms with Crippen molar-refractivity contribution in [3.63, 3.8) is 0 Å². The van der Waals surface area contributed by atoms with E-state index in [1.165, 1.54) is 11.0 Å². The number of nitro benzene ring substituents is 1. The normalized spacial score (nSPS) is 16.5. The Labute approximate surface area is 157 Å². The van der Waals surface area contributed by atoms with Gasteiger partial charge in [-0.25, -0.2) is 0 Å². The lowest BCUT2D eigenvalue weighted by molar-refractivity contribution is -0.384. The summed E-state index contributed by atoms with van der Waals surface area (Å²) < 4.78 is 0. The van der Waals surface area contributed by atoms with E-state index < -0.39 is 4.92 Å². The lowest BCUT2D eigenvalue weighted by atomic mass is 9.96. The summed E-state index contributed by atoms with van der Waals surface area (Å²) in [5.74, 6) is -0.836. The number of nitrogens with one attached hydrogen (secondary N) is 1. The van der Waals surface area contributed by atoms with Crippen LogP contribution in [0.2, 0.25) is 0 Å². The smallest absolute Gasteiger partial charge is 0.293 e. The Morgan fingerprint density at radius 3 is 2.73 bits per heavy atom. The molecule has 2 rings (SSSR count). The Balaban J connectivity index is 0.00000338. The average Bonchev–Trinajstić information content (AvgIpc) is 2.60. The number of anilines is 1. The molecular weight excluding hydrogens is 362 g/mol. The van der Waals surface area contributed by atoms with Gasteiger partial charge in [0.2, 0.25) is 5.91 Å². The Morgan fingerprint density at radius 2 is 2.12 bits per heavy atom. The fourth-order valence-corrected chi connectivity index (χ4v) is 2.99. The number of carbonyl (C=O) groups excluding carboxylic acids is 2. The second-order valence-electron chi connectivity index (χ2n) is 6.17. The van der Waals surface area contributed by atoms with Gasteiger partial charge in [0.1, 0.15) is 5.69 Å². The van der Waals surface area contributed by atoms with Crippen molar-refractivity contribution in [3.05, 3.63) is 33.4 Å². The van der Waals surface area contributed by atoms with Crippen molar-refractivity contribution in [2.75, 3.05) is 31.9 Å². The molecule has 10 heteroatoms. The summed E-state index contributed by atoms with van der Waals surface area (Å²) in [7, 11) is 0. The van der Waals surface area contributed by atoms with Crippen LogP contribution >= 0.6 is 12.4 Å². The van der Waals surface area contributed by atoms with Gasteiger partial charge in [-0.15, -0.1) is 12.4 Å². The maximum atomic E-state index is 12.8. The van der Waals surface area contributed by atoms with Gasteiger partial charge in [-0.1, -0.05) is 0 Å². The first-order valence-electron chi connectivity index (χ1n) is 8.16. The number of aryl methyl sites for hydroxylation is 1. The van der Waals surface area contributed by atoms with Crippen molar-refractivity contribution in [3.8, 4) is 0 Å². The molecule has 0 aliphatic carbocycles. The molecule has 1 aliphatic heterocycles. The van der Waals surface area contributed by atoms with Gasteiger partial charge in [0, 0.05) is 32.2 Å². The minimum absolute atomic E-state index is 0. The van der Waals surface area contributed by atoms with E-state index in [0.29, 0.717) is 38.0 Å². The highest BCUT2D eigenvalue weighted by atomic mass is 35.5. The summed E-state index contributed by atoms with van der Waals surface area (Å²) >= 11 is 0. The number of nitrogens with zero attached hydrogens (tertiary/aromatic N) is 2. The zero-order valence-electron chi connectivity index (χ0n) is 14.6. The van der Waals surface area contributed by atoms with Crippen LogP contribution in [0.15, 0.2) is 12.1 Å². The Hall–Kier alpha value is -2.39. The van der Waals surface area contributed by atoms with E-state index in [9.17, 15) is 19.7 Å². The Kier molecular flexibility index (Phi) is 7.78. The summed E-state index contributed by atoms with van der Waals surface area (Å²) in [4.78, 5) is 36.9. The van der Waals surface area contributed by atoms with Crippen molar-refractivity contribution in [1.82, 2.24) is 10.2 Å². The molecule has 5 N–H and O–H groups in total. The van der Waals surface area contributed by atoms with Crippen LogP contribution in [0.5, 0.6) is 0 Å². The van der Waals surface area contributed by atoms with E-state index in [1.807, 2.05) is 0 Å². The maximum Gasteiger partial charge on any atom is 0.293 e. The third-order valence-corrected chi connectivity index (χ3v) is 4.25. The molecule has 2 amide bonds. The molecule has 1 fully saturated rings. The fraction of sp³-hybridized carbons (Fsp3) is 0.500. The van der Waals surface area contributed by atoms with Crippen LogP contribution in [-0.2, 0) is 4.79 Å². The SMILES string of the molecule is Cc1cc(C(=O)N2CCCC(C(=O)NCCN)C2)c(N)c([N+](=O)[O-])c1.Cl. The number of nitrogens with two attached hydrogens (primary N) is 2. The van der Waals surface area contributed by atoms with Gasteiger partial charge in [-0.05, 0) is 31.4 Å². The molecule has 0 spiro atoms. The zero-order valence-corrected chi connectivity index (χ0v) is 15.4. The zero-order chi connectivity index (χ0) is 18.6. The molecule has 0 aromatic heterocycles. The molecule has 1 atom stereocenters. The lowest BCUT2D eigenvalue weighted by Crippen LogP contribution is -2.46. The number of nitro groups is 1. The molecule has 26 heavy (non-hydrogen) atoms. The number of amides is 2. The molecule has 0 saturated carbocycles. The summed E-state index contributed by atoms with van der Waals surface area (Å²) in [6.07, 6.45) is 1.36. The topological polar surface area (TPSA) is 145 Å². The van der Waals surface area contributed by atoms with Crippen LogP contribution in [0.25, 0.3) is 0 Å². The number of benzene rings is 1. The van der Waals surface area contributed by atoms with Crippen molar-refractivity contribution >= 4 is 35.6 Å². The highest BCUT2D eigenvalue weighted by Gasteiger charge is 2.31. The van der Waals surface area contributed by atoms with Gasteiger partial charge in [-0.3, -0.25) is 19.7 Å². The van der Waals surface area contributed by atoms with Crippen molar-refractivity contribution in [2.45, 2.75) is 19.8 Å². The first kappa shape index (κ1) is 21.7. The van der Waals surface area contributed by atoms with Gasteiger partial charge < -0.3 is 21.7 Å². The molecule has 1 aromatic carbocycles. The third kappa shape index (κ3) is 4.83. The van der Waals surface area contributed by atoms with Crippen molar-refractivity contribution in [2.24, 2.45) is 11.7 Å². The molecule has 1 saturated heterocycles. The first-order chi connectivity index (χ1) is 11.8. The number of hydrogen-bond donors (Lipinski definition) is 3. The Morgan fingerprint density at radius 1 is 1.42 bits per heavy atom. The first-order valence-corrected chi connectivity index (χ1v) is 8.16. The quantitative estimate of drug-likeness (QED) is 0.389. The molecule has 1 aliphatic rings. The van der Waals surface area contributed by atoms with E-state index in [-0.39, 0.29) is 53.6 Å².